The third-order valence-corrected chi connectivity index (χ3v) is 2.58. The molecule has 0 aromatic heterocycles. The van der Waals surface area contributed by atoms with Crippen molar-refractivity contribution in [2.45, 2.75) is 44.3 Å². The summed E-state index contributed by atoms with van der Waals surface area (Å²) in [6.45, 7) is 3.35. The summed E-state index contributed by atoms with van der Waals surface area (Å²) in [5.41, 5.74) is -0.0923. The fourth-order valence-corrected chi connectivity index (χ4v) is 1.69. The van der Waals surface area contributed by atoms with Crippen molar-refractivity contribution >= 4 is 11.9 Å². The predicted molar refractivity (Wildman–Crippen MR) is 55.7 cm³/mol. The topological polar surface area (TPSA) is 83.8 Å². The molecule has 1 rings (SSSR count). The van der Waals surface area contributed by atoms with E-state index in [1.54, 1.807) is 0 Å². The second-order valence-corrected chi connectivity index (χ2v) is 3.97. The van der Waals surface area contributed by atoms with Crippen LogP contribution >= 0.6 is 0 Å². The van der Waals surface area contributed by atoms with E-state index in [1.165, 1.54) is 0 Å². The third kappa shape index (κ3) is 3.66. The van der Waals surface area contributed by atoms with Gasteiger partial charge in [-0.25, -0.2) is 4.79 Å². The molecule has 0 aliphatic heterocycles. The van der Waals surface area contributed by atoms with E-state index in [1.807, 2.05) is 0 Å². The molecule has 16 heavy (non-hydrogen) atoms. The van der Waals surface area contributed by atoms with Crippen molar-refractivity contribution in [3.8, 4) is 0 Å². The molecule has 90 valence electrons. The second kappa shape index (κ2) is 5.65. The van der Waals surface area contributed by atoms with Crippen molar-refractivity contribution in [1.82, 2.24) is 0 Å². The highest BCUT2D eigenvalue weighted by atomic mass is 16.6. The van der Waals surface area contributed by atoms with Crippen LogP contribution in [0.3, 0.4) is 0 Å². The van der Waals surface area contributed by atoms with Crippen molar-refractivity contribution < 1.29 is 24.5 Å². The van der Waals surface area contributed by atoms with Gasteiger partial charge >= 0.3 is 11.9 Å². The van der Waals surface area contributed by atoms with Gasteiger partial charge in [0.05, 0.1) is 12.5 Å². The van der Waals surface area contributed by atoms with E-state index in [0.717, 1.165) is 12.8 Å². The molecule has 2 unspecified atom stereocenters. The Labute approximate surface area is 93.7 Å². The number of rotatable bonds is 4. The first-order chi connectivity index (χ1) is 7.50. The lowest BCUT2D eigenvalue weighted by Gasteiger charge is -2.27. The van der Waals surface area contributed by atoms with E-state index in [0.29, 0.717) is 12.8 Å². The molecule has 2 atom stereocenters. The summed E-state index contributed by atoms with van der Waals surface area (Å²) < 4.78 is 5.01. The Morgan fingerprint density at radius 3 is 2.50 bits per heavy atom. The van der Waals surface area contributed by atoms with E-state index in [-0.39, 0.29) is 5.57 Å². The largest absolute Gasteiger partial charge is 0.481 e. The van der Waals surface area contributed by atoms with Crippen LogP contribution in [0.4, 0.5) is 0 Å². The first kappa shape index (κ1) is 12.7. The molecule has 1 aliphatic rings. The molecular formula is C11H16O5. The van der Waals surface area contributed by atoms with Crippen molar-refractivity contribution in [1.29, 1.82) is 0 Å². The minimum atomic E-state index is -1.12. The summed E-state index contributed by atoms with van der Waals surface area (Å²) in [7, 11) is 0. The van der Waals surface area contributed by atoms with Gasteiger partial charge in [0.2, 0.25) is 0 Å². The van der Waals surface area contributed by atoms with Crippen LogP contribution in [0.1, 0.15) is 32.1 Å². The van der Waals surface area contributed by atoms with Gasteiger partial charge in [0.15, 0.2) is 0 Å². The van der Waals surface area contributed by atoms with E-state index < -0.39 is 30.6 Å². The number of esters is 1. The molecule has 0 spiro atoms. The van der Waals surface area contributed by atoms with Gasteiger partial charge in [0.25, 0.3) is 0 Å². The fraction of sp³-hybridized carbons (Fsp3) is 0.636. The second-order valence-electron chi connectivity index (χ2n) is 3.97. The molecule has 0 aromatic rings. The van der Waals surface area contributed by atoms with Crippen molar-refractivity contribution in [3.05, 3.63) is 12.2 Å². The van der Waals surface area contributed by atoms with Crippen LogP contribution in [-0.2, 0) is 14.3 Å². The number of aliphatic carboxylic acids is 1. The Kier molecular flexibility index (Phi) is 4.49. The lowest BCUT2D eigenvalue weighted by atomic mass is 9.95. The molecule has 0 aromatic carbocycles. The van der Waals surface area contributed by atoms with E-state index in [2.05, 4.69) is 6.58 Å². The van der Waals surface area contributed by atoms with Gasteiger partial charge in [-0.15, -0.1) is 0 Å². The number of aliphatic hydroxyl groups is 1. The number of ether oxygens (including phenoxy) is 1. The van der Waals surface area contributed by atoms with E-state index in [9.17, 15) is 14.7 Å². The summed E-state index contributed by atoms with van der Waals surface area (Å²) in [5.74, 6) is -1.85. The predicted octanol–water partition coefficient (Wildman–Crippen LogP) is 0.864. The molecule has 0 saturated heterocycles. The summed E-state index contributed by atoms with van der Waals surface area (Å²) in [6, 6.07) is 0. The highest BCUT2D eigenvalue weighted by molar-refractivity contribution is 5.92. The fourth-order valence-electron chi connectivity index (χ4n) is 1.69. The molecule has 5 heteroatoms. The summed E-state index contributed by atoms with van der Waals surface area (Å²) in [6.07, 6.45) is 1.46. The number of carboxylic acids is 1. The molecule has 1 saturated carbocycles. The van der Waals surface area contributed by atoms with Gasteiger partial charge in [-0.3, -0.25) is 4.79 Å². The van der Waals surface area contributed by atoms with Gasteiger partial charge in [0, 0.05) is 5.57 Å². The van der Waals surface area contributed by atoms with Gasteiger partial charge in [-0.1, -0.05) is 13.0 Å². The lowest BCUT2D eigenvalue weighted by Crippen LogP contribution is -2.34. The number of hydrogen-bond acceptors (Lipinski definition) is 4. The monoisotopic (exact) mass is 228 g/mol. The minimum Gasteiger partial charge on any atom is -0.481 e. The quantitative estimate of drug-likeness (QED) is 0.551. The first-order valence-electron chi connectivity index (χ1n) is 5.29. The first-order valence-corrected chi connectivity index (χ1v) is 5.29. The summed E-state index contributed by atoms with van der Waals surface area (Å²) >= 11 is 0. The van der Waals surface area contributed by atoms with E-state index >= 15 is 0 Å². The Bertz CT molecular complexity index is 297. The zero-order chi connectivity index (χ0) is 12.1. The van der Waals surface area contributed by atoms with Gasteiger partial charge < -0.3 is 14.9 Å². The number of carbonyl (C=O) groups excluding carboxylic acids is 1. The van der Waals surface area contributed by atoms with Crippen LogP contribution in [0.25, 0.3) is 0 Å². The lowest BCUT2D eigenvalue weighted by molar-refractivity contribution is -0.154. The zero-order valence-corrected chi connectivity index (χ0v) is 9.02. The molecule has 1 aliphatic carbocycles. The average Bonchev–Trinajstić information content (AvgIpc) is 2.20. The van der Waals surface area contributed by atoms with Crippen LogP contribution in [0.5, 0.6) is 0 Å². The Morgan fingerprint density at radius 1 is 1.31 bits per heavy atom. The van der Waals surface area contributed by atoms with Gasteiger partial charge in [-0.2, -0.15) is 0 Å². The number of carboxylic acid groups (broad SMARTS) is 1. The van der Waals surface area contributed by atoms with Crippen LogP contribution in [-0.4, -0.2) is 34.4 Å². The van der Waals surface area contributed by atoms with Crippen molar-refractivity contribution in [2.75, 3.05) is 0 Å². The molecule has 0 heterocycles. The zero-order valence-electron chi connectivity index (χ0n) is 9.02. The number of aliphatic hydroxyl groups excluding tert-OH is 1. The number of hydrogen-bond donors (Lipinski definition) is 2. The van der Waals surface area contributed by atoms with Crippen molar-refractivity contribution in [3.63, 3.8) is 0 Å². The van der Waals surface area contributed by atoms with E-state index in [4.69, 9.17) is 9.84 Å². The average molecular weight is 228 g/mol. The van der Waals surface area contributed by atoms with Gasteiger partial charge in [-0.05, 0) is 19.3 Å². The minimum absolute atomic E-state index is 0.0923. The summed E-state index contributed by atoms with van der Waals surface area (Å²) in [5, 5.41) is 18.0. The maximum absolute atomic E-state index is 11.4. The highest BCUT2D eigenvalue weighted by Gasteiger charge is 2.27. The smallest absolute Gasteiger partial charge is 0.334 e. The van der Waals surface area contributed by atoms with Crippen molar-refractivity contribution in [2.24, 2.45) is 0 Å². The van der Waals surface area contributed by atoms with Crippen LogP contribution in [0, 0.1) is 0 Å². The van der Waals surface area contributed by atoms with Crippen LogP contribution in [0.2, 0.25) is 0 Å². The normalized spacial score (nSPS) is 24.8. The molecule has 0 bridgehead atoms. The van der Waals surface area contributed by atoms with Crippen LogP contribution < -0.4 is 0 Å². The Balaban J connectivity index is 2.43. The third-order valence-electron chi connectivity index (χ3n) is 2.58. The van der Waals surface area contributed by atoms with Gasteiger partial charge in [0.1, 0.15) is 6.10 Å². The number of carbonyl (C=O) groups is 2. The molecule has 0 radical (unpaired) electrons. The summed E-state index contributed by atoms with van der Waals surface area (Å²) in [4.78, 5) is 21.7. The molecule has 2 N–H and O–H groups in total. The molecule has 0 amide bonds. The molecule has 1 fully saturated rings. The SMILES string of the molecule is C=C(CC(=O)O)C(=O)OC1CCCCC1O. The Morgan fingerprint density at radius 2 is 1.94 bits per heavy atom. The standard InChI is InChI=1S/C11H16O5/c1-7(6-10(13)14)11(15)16-9-5-3-2-4-8(9)12/h8-9,12H,1-6H2,(H,13,14). The van der Waals surface area contributed by atoms with Crippen LogP contribution in [0.15, 0.2) is 12.2 Å². The highest BCUT2D eigenvalue weighted by Crippen LogP contribution is 2.22. The maximum atomic E-state index is 11.4. The maximum Gasteiger partial charge on any atom is 0.334 e. The molecule has 5 nitrogen and oxygen atoms in total. The Hall–Kier alpha value is -1.36. The molecular weight excluding hydrogens is 212 g/mol.